The van der Waals surface area contributed by atoms with Gasteiger partial charge in [-0.1, -0.05) is 18.2 Å². The zero-order valence-electron chi connectivity index (χ0n) is 14.3. The van der Waals surface area contributed by atoms with Gasteiger partial charge >= 0.3 is 0 Å². The van der Waals surface area contributed by atoms with E-state index in [1.54, 1.807) is 17.0 Å². The normalized spacial score (nSPS) is 15.7. The van der Waals surface area contributed by atoms with Crippen molar-refractivity contribution in [3.05, 3.63) is 29.8 Å². The van der Waals surface area contributed by atoms with Gasteiger partial charge in [-0.2, -0.15) is 5.26 Å². The molecule has 2 rings (SSSR count). The summed E-state index contributed by atoms with van der Waals surface area (Å²) >= 11 is 0. The summed E-state index contributed by atoms with van der Waals surface area (Å²) in [6, 6.07) is 9.16. The van der Waals surface area contributed by atoms with Gasteiger partial charge in [-0.3, -0.25) is 9.59 Å². The van der Waals surface area contributed by atoms with Crippen LogP contribution in [-0.2, 0) is 16.0 Å². The van der Waals surface area contributed by atoms with Crippen LogP contribution in [0.5, 0.6) is 5.75 Å². The van der Waals surface area contributed by atoms with Gasteiger partial charge in [-0.15, -0.1) is 0 Å². The first kappa shape index (κ1) is 18.0. The van der Waals surface area contributed by atoms with Gasteiger partial charge < -0.3 is 9.64 Å². The molecular formula is C19H24N2O3. The van der Waals surface area contributed by atoms with Crippen LogP contribution in [0.25, 0.3) is 0 Å². The van der Waals surface area contributed by atoms with Crippen molar-refractivity contribution in [2.45, 2.75) is 45.6 Å². The standard InChI is InChI=1S/C19H24N2O3/c1-14(2)24-18-9-5-4-8-15(18)12-17(22)16(13-20)19(23)21-10-6-3-7-11-21/h4-5,8-9,14,16H,3,6-7,10-12H2,1-2H3/t16-/m0/s1. The second-order valence-electron chi connectivity index (χ2n) is 6.37. The van der Waals surface area contributed by atoms with Gasteiger partial charge in [0.05, 0.1) is 12.2 Å². The number of ether oxygens (including phenoxy) is 1. The highest BCUT2D eigenvalue weighted by Gasteiger charge is 2.31. The topological polar surface area (TPSA) is 70.4 Å². The van der Waals surface area contributed by atoms with Gasteiger partial charge in [0.2, 0.25) is 5.91 Å². The number of rotatable bonds is 6. The largest absolute Gasteiger partial charge is 0.491 e. The molecule has 1 aliphatic rings. The maximum Gasteiger partial charge on any atom is 0.247 e. The SMILES string of the molecule is CC(C)Oc1ccccc1CC(=O)[C@H](C#N)C(=O)N1CCCCC1. The molecule has 0 spiro atoms. The van der Waals surface area contributed by atoms with E-state index in [4.69, 9.17) is 4.74 Å². The molecule has 5 heteroatoms. The Balaban J connectivity index is 2.10. The Bertz CT molecular complexity index is 628. The van der Waals surface area contributed by atoms with Gasteiger partial charge in [0.15, 0.2) is 11.7 Å². The van der Waals surface area contributed by atoms with Crippen LogP contribution in [0.4, 0.5) is 0 Å². The van der Waals surface area contributed by atoms with Crippen molar-refractivity contribution in [3.8, 4) is 11.8 Å². The summed E-state index contributed by atoms with van der Waals surface area (Å²) in [6.07, 6.45) is 2.98. The molecule has 0 radical (unpaired) electrons. The van der Waals surface area contributed by atoms with Crippen LogP contribution < -0.4 is 4.74 Å². The summed E-state index contributed by atoms with van der Waals surface area (Å²) in [6.45, 7) is 5.10. The van der Waals surface area contributed by atoms with Gasteiger partial charge in [-0.05, 0) is 39.2 Å². The Morgan fingerprint density at radius 2 is 1.88 bits per heavy atom. The molecule has 24 heavy (non-hydrogen) atoms. The van der Waals surface area contributed by atoms with Crippen LogP contribution in [0.15, 0.2) is 24.3 Å². The number of benzene rings is 1. The smallest absolute Gasteiger partial charge is 0.247 e. The van der Waals surface area contributed by atoms with Crippen molar-refractivity contribution >= 4 is 11.7 Å². The quantitative estimate of drug-likeness (QED) is 0.753. The van der Waals surface area contributed by atoms with E-state index in [1.165, 1.54) is 0 Å². The fourth-order valence-corrected chi connectivity index (χ4v) is 2.87. The molecule has 1 aromatic rings. The summed E-state index contributed by atoms with van der Waals surface area (Å²) in [4.78, 5) is 26.7. The summed E-state index contributed by atoms with van der Waals surface area (Å²) in [5.74, 6) is -1.32. The molecule has 1 amide bonds. The van der Waals surface area contributed by atoms with Crippen molar-refractivity contribution in [2.75, 3.05) is 13.1 Å². The van der Waals surface area contributed by atoms with Gasteiger partial charge in [0.25, 0.3) is 0 Å². The number of carbonyl (C=O) groups excluding carboxylic acids is 2. The molecule has 1 heterocycles. The van der Waals surface area contributed by atoms with Crippen LogP contribution >= 0.6 is 0 Å². The number of nitriles is 1. The Kier molecular flexibility index (Phi) is 6.36. The minimum absolute atomic E-state index is 0.0111. The number of piperidine rings is 1. The van der Waals surface area contributed by atoms with Gasteiger partial charge in [-0.25, -0.2) is 0 Å². The van der Waals surface area contributed by atoms with Crippen molar-refractivity contribution in [3.63, 3.8) is 0 Å². The maximum absolute atomic E-state index is 12.5. The first-order valence-electron chi connectivity index (χ1n) is 8.48. The molecule has 1 saturated heterocycles. The van der Waals surface area contributed by atoms with E-state index in [0.717, 1.165) is 19.3 Å². The number of hydrogen-bond acceptors (Lipinski definition) is 4. The average Bonchev–Trinajstić information content (AvgIpc) is 2.57. The molecule has 0 saturated carbocycles. The first-order valence-corrected chi connectivity index (χ1v) is 8.48. The second kappa shape index (κ2) is 8.49. The minimum atomic E-state index is -1.23. The molecule has 5 nitrogen and oxygen atoms in total. The molecule has 0 bridgehead atoms. The third-order valence-corrected chi connectivity index (χ3v) is 4.07. The lowest BCUT2D eigenvalue weighted by atomic mass is 9.96. The van der Waals surface area contributed by atoms with E-state index in [0.29, 0.717) is 24.4 Å². The highest BCUT2D eigenvalue weighted by Crippen LogP contribution is 2.22. The molecule has 0 unspecified atom stereocenters. The first-order chi connectivity index (χ1) is 11.5. The number of ketones is 1. The molecule has 1 fully saturated rings. The number of para-hydroxylation sites is 1. The van der Waals surface area contributed by atoms with Crippen molar-refractivity contribution in [1.29, 1.82) is 5.26 Å². The maximum atomic E-state index is 12.5. The predicted octanol–water partition coefficient (Wildman–Crippen LogP) is 2.74. The van der Waals surface area contributed by atoms with Crippen LogP contribution in [-0.4, -0.2) is 35.8 Å². The molecule has 1 aliphatic heterocycles. The fourth-order valence-electron chi connectivity index (χ4n) is 2.87. The monoisotopic (exact) mass is 328 g/mol. The number of amides is 1. The average molecular weight is 328 g/mol. The number of hydrogen-bond donors (Lipinski definition) is 0. The predicted molar refractivity (Wildman–Crippen MR) is 90.5 cm³/mol. The van der Waals surface area contributed by atoms with E-state index in [2.05, 4.69) is 0 Å². The van der Waals surface area contributed by atoms with Crippen molar-refractivity contribution < 1.29 is 14.3 Å². The molecule has 1 atom stereocenters. The Morgan fingerprint density at radius 3 is 2.50 bits per heavy atom. The lowest BCUT2D eigenvalue weighted by Gasteiger charge is -2.28. The zero-order valence-corrected chi connectivity index (χ0v) is 14.3. The van der Waals surface area contributed by atoms with E-state index in [-0.39, 0.29) is 24.2 Å². The van der Waals surface area contributed by atoms with E-state index >= 15 is 0 Å². The van der Waals surface area contributed by atoms with Crippen molar-refractivity contribution in [1.82, 2.24) is 4.90 Å². The second-order valence-corrected chi connectivity index (χ2v) is 6.37. The summed E-state index contributed by atoms with van der Waals surface area (Å²) in [7, 11) is 0. The summed E-state index contributed by atoms with van der Waals surface area (Å²) in [5.41, 5.74) is 0.711. The van der Waals surface area contributed by atoms with E-state index < -0.39 is 5.92 Å². The Morgan fingerprint density at radius 1 is 1.21 bits per heavy atom. The Labute approximate surface area is 143 Å². The van der Waals surface area contributed by atoms with E-state index in [1.807, 2.05) is 32.0 Å². The van der Waals surface area contributed by atoms with Crippen LogP contribution in [0, 0.1) is 17.2 Å². The van der Waals surface area contributed by atoms with Crippen LogP contribution in [0.3, 0.4) is 0 Å². The molecule has 0 aromatic heterocycles. The highest BCUT2D eigenvalue weighted by atomic mass is 16.5. The highest BCUT2D eigenvalue weighted by molar-refractivity contribution is 6.04. The van der Waals surface area contributed by atoms with E-state index in [9.17, 15) is 14.9 Å². The third-order valence-electron chi connectivity index (χ3n) is 4.07. The van der Waals surface area contributed by atoms with Gasteiger partial charge in [0, 0.05) is 25.1 Å². The number of carbonyl (C=O) groups is 2. The lowest BCUT2D eigenvalue weighted by Crippen LogP contribution is -2.42. The number of nitrogens with zero attached hydrogens (tertiary/aromatic N) is 2. The summed E-state index contributed by atoms with van der Waals surface area (Å²) in [5, 5.41) is 9.34. The summed E-state index contributed by atoms with van der Waals surface area (Å²) < 4.78 is 5.71. The van der Waals surface area contributed by atoms with Crippen LogP contribution in [0.2, 0.25) is 0 Å². The minimum Gasteiger partial charge on any atom is -0.491 e. The molecular weight excluding hydrogens is 304 g/mol. The zero-order chi connectivity index (χ0) is 17.5. The molecule has 1 aromatic carbocycles. The molecule has 128 valence electrons. The van der Waals surface area contributed by atoms with Crippen LogP contribution in [0.1, 0.15) is 38.7 Å². The van der Waals surface area contributed by atoms with Crippen molar-refractivity contribution in [2.24, 2.45) is 5.92 Å². The fraction of sp³-hybridized carbons (Fsp3) is 0.526. The Hall–Kier alpha value is -2.35. The number of likely N-dealkylation sites (tertiary alicyclic amines) is 1. The third kappa shape index (κ3) is 4.58. The molecule has 0 N–H and O–H groups in total. The number of Topliss-reactive ketones (excluding diaryl/α,β-unsaturated/α-hetero) is 1. The van der Waals surface area contributed by atoms with Gasteiger partial charge in [0.1, 0.15) is 5.75 Å². The lowest BCUT2D eigenvalue weighted by molar-refractivity contribution is -0.139. The molecule has 0 aliphatic carbocycles.